The van der Waals surface area contributed by atoms with Crippen LogP contribution in [0.1, 0.15) is 19.4 Å². The van der Waals surface area contributed by atoms with E-state index >= 15 is 0 Å². The Labute approximate surface area is 171 Å². The third-order valence-corrected chi connectivity index (χ3v) is 5.01. The molecule has 1 saturated heterocycles. The molecule has 0 saturated carbocycles. The first-order chi connectivity index (χ1) is 13.3. The number of methoxy groups -OCH3 is 1. The molecule has 0 atom stereocenters. The van der Waals surface area contributed by atoms with Gasteiger partial charge in [0.05, 0.1) is 28.8 Å². The normalized spacial score (nSPS) is 15.6. The number of anilines is 1. The van der Waals surface area contributed by atoms with Crippen molar-refractivity contribution in [2.24, 2.45) is 0 Å². The maximum absolute atomic E-state index is 13.1. The minimum absolute atomic E-state index is 0.0666. The lowest BCUT2D eigenvalue weighted by atomic mass is 10.1. The number of amides is 2. The summed E-state index contributed by atoms with van der Waals surface area (Å²) in [6, 6.07) is 8.39. The predicted octanol–water partition coefficient (Wildman–Crippen LogP) is 5.52. The highest BCUT2D eigenvalue weighted by Gasteiger charge is 2.36. The summed E-state index contributed by atoms with van der Waals surface area (Å²) in [5.41, 5.74) is 0.816. The Morgan fingerprint density at radius 3 is 2.43 bits per heavy atom. The van der Waals surface area contributed by atoms with E-state index in [1.165, 1.54) is 37.5 Å². The lowest BCUT2D eigenvalue weighted by molar-refractivity contribution is -0.113. The van der Waals surface area contributed by atoms with Crippen molar-refractivity contribution in [3.8, 4) is 11.5 Å². The molecule has 2 amide bonds. The molecule has 1 aliphatic heterocycles. The highest BCUT2D eigenvalue weighted by molar-refractivity contribution is 8.19. The van der Waals surface area contributed by atoms with Crippen molar-refractivity contribution in [1.82, 2.24) is 0 Å². The van der Waals surface area contributed by atoms with E-state index in [1.807, 2.05) is 13.8 Å². The maximum Gasteiger partial charge on any atom is 0.298 e. The predicted molar refractivity (Wildman–Crippen MR) is 109 cm³/mol. The largest absolute Gasteiger partial charge is 0.493 e. The second kappa shape index (κ2) is 8.24. The molecule has 0 unspecified atom stereocenters. The Bertz CT molecular complexity index is 959. The zero-order valence-electron chi connectivity index (χ0n) is 15.4. The molecule has 146 valence electrons. The molecule has 8 heteroatoms. The molecule has 1 heterocycles. The molecular formula is C20H17ClFNO4S. The first-order valence-electron chi connectivity index (χ1n) is 8.38. The summed E-state index contributed by atoms with van der Waals surface area (Å²) >= 11 is 7.12. The van der Waals surface area contributed by atoms with E-state index in [1.54, 1.807) is 12.1 Å². The van der Waals surface area contributed by atoms with Gasteiger partial charge in [0.25, 0.3) is 11.1 Å². The second-order valence-corrected chi connectivity index (χ2v) is 7.59. The summed E-state index contributed by atoms with van der Waals surface area (Å²) in [5.74, 6) is -0.00539. The van der Waals surface area contributed by atoms with Gasteiger partial charge in [-0.2, -0.15) is 0 Å². The molecule has 2 aromatic carbocycles. The van der Waals surface area contributed by atoms with Crippen LogP contribution >= 0.6 is 23.4 Å². The summed E-state index contributed by atoms with van der Waals surface area (Å²) in [7, 11) is 1.50. The fourth-order valence-electron chi connectivity index (χ4n) is 2.59. The summed E-state index contributed by atoms with van der Waals surface area (Å²) < 4.78 is 24.1. The van der Waals surface area contributed by atoms with Crippen molar-refractivity contribution in [1.29, 1.82) is 0 Å². The topological polar surface area (TPSA) is 55.8 Å². The number of ether oxygens (including phenoxy) is 2. The number of carbonyl (C=O) groups excluding carboxylic acids is 2. The summed E-state index contributed by atoms with van der Waals surface area (Å²) in [4.78, 5) is 26.2. The first-order valence-corrected chi connectivity index (χ1v) is 9.57. The summed E-state index contributed by atoms with van der Waals surface area (Å²) in [5, 5.41) is -0.115. The third kappa shape index (κ3) is 4.15. The number of thioether (sulfide) groups is 1. The molecule has 28 heavy (non-hydrogen) atoms. The Morgan fingerprint density at radius 1 is 1.14 bits per heavy atom. The molecule has 0 aromatic heterocycles. The van der Waals surface area contributed by atoms with E-state index in [0.29, 0.717) is 27.8 Å². The summed E-state index contributed by atoms with van der Waals surface area (Å²) in [6.45, 7) is 3.76. The molecule has 3 rings (SSSR count). The minimum Gasteiger partial charge on any atom is -0.493 e. The third-order valence-electron chi connectivity index (χ3n) is 3.81. The minimum atomic E-state index is -0.501. The molecule has 0 aliphatic carbocycles. The zero-order valence-corrected chi connectivity index (χ0v) is 16.9. The molecule has 0 bridgehead atoms. The molecule has 2 aromatic rings. The first kappa shape index (κ1) is 20.2. The van der Waals surface area contributed by atoms with Gasteiger partial charge in [0.2, 0.25) is 0 Å². The smallest absolute Gasteiger partial charge is 0.298 e. The van der Waals surface area contributed by atoms with Crippen LogP contribution in [0, 0.1) is 5.82 Å². The van der Waals surface area contributed by atoms with E-state index in [2.05, 4.69) is 0 Å². The molecule has 5 nitrogen and oxygen atoms in total. The van der Waals surface area contributed by atoms with Crippen LogP contribution in [-0.4, -0.2) is 24.4 Å². The van der Waals surface area contributed by atoms with Gasteiger partial charge < -0.3 is 9.47 Å². The van der Waals surface area contributed by atoms with E-state index in [0.717, 1.165) is 16.7 Å². The Hall–Kier alpha value is -2.51. The van der Waals surface area contributed by atoms with Crippen LogP contribution in [0.4, 0.5) is 14.9 Å². The lowest BCUT2D eigenvalue weighted by Crippen LogP contribution is -2.27. The van der Waals surface area contributed by atoms with Crippen molar-refractivity contribution in [3.05, 3.63) is 57.7 Å². The quantitative estimate of drug-likeness (QED) is 0.595. The fourth-order valence-corrected chi connectivity index (χ4v) is 3.63. The number of carbonyl (C=O) groups is 2. The molecule has 1 fully saturated rings. The van der Waals surface area contributed by atoms with Crippen LogP contribution < -0.4 is 14.4 Å². The number of nitrogens with zero attached hydrogens (tertiary/aromatic N) is 1. The van der Waals surface area contributed by atoms with Crippen LogP contribution in [0.25, 0.3) is 6.08 Å². The maximum atomic E-state index is 13.1. The number of imide groups is 1. The monoisotopic (exact) mass is 421 g/mol. The van der Waals surface area contributed by atoms with E-state index in [-0.39, 0.29) is 11.0 Å². The van der Waals surface area contributed by atoms with Gasteiger partial charge in [-0.25, -0.2) is 9.29 Å². The van der Waals surface area contributed by atoms with Crippen LogP contribution in [0.3, 0.4) is 0 Å². The van der Waals surface area contributed by atoms with Crippen LogP contribution in [0.15, 0.2) is 41.3 Å². The van der Waals surface area contributed by atoms with Crippen molar-refractivity contribution in [3.63, 3.8) is 0 Å². The van der Waals surface area contributed by atoms with Gasteiger partial charge in [0, 0.05) is 6.07 Å². The van der Waals surface area contributed by atoms with Crippen molar-refractivity contribution >= 4 is 46.3 Å². The van der Waals surface area contributed by atoms with Gasteiger partial charge in [0.1, 0.15) is 5.82 Å². The van der Waals surface area contributed by atoms with Crippen LogP contribution in [0.2, 0.25) is 5.02 Å². The van der Waals surface area contributed by atoms with E-state index < -0.39 is 17.0 Å². The SMILES string of the molecule is COc1cc(/C=C2\SC(=O)N(c3ccc(F)cc3)C2=O)c(Cl)cc1OC(C)C. The average molecular weight is 422 g/mol. The molecular weight excluding hydrogens is 405 g/mol. The van der Waals surface area contributed by atoms with Gasteiger partial charge >= 0.3 is 0 Å². The lowest BCUT2D eigenvalue weighted by Gasteiger charge is -2.15. The number of hydrogen-bond acceptors (Lipinski definition) is 5. The van der Waals surface area contributed by atoms with Gasteiger partial charge in [-0.1, -0.05) is 11.6 Å². The average Bonchev–Trinajstić information content (AvgIpc) is 2.91. The van der Waals surface area contributed by atoms with Gasteiger partial charge in [-0.05, 0) is 67.6 Å². The van der Waals surface area contributed by atoms with Crippen molar-refractivity contribution in [2.45, 2.75) is 20.0 Å². The number of hydrogen-bond donors (Lipinski definition) is 0. The van der Waals surface area contributed by atoms with E-state index in [9.17, 15) is 14.0 Å². The van der Waals surface area contributed by atoms with Gasteiger partial charge in [-0.15, -0.1) is 0 Å². The Balaban J connectivity index is 1.94. The molecule has 0 N–H and O–H groups in total. The Morgan fingerprint density at radius 2 is 1.82 bits per heavy atom. The highest BCUT2D eigenvalue weighted by Crippen LogP contribution is 2.39. The second-order valence-electron chi connectivity index (χ2n) is 6.18. The summed E-state index contributed by atoms with van der Waals surface area (Å²) in [6.07, 6.45) is 1.46. The van der Waals surface area contributed by atoms with Crippen LogP contribution in [0.5, 0.6) is 11.5 Å². The van der Waals surface area contributed by atoms with Gasteiger partial charge in [0.15, 0.2) is 11.5 Å². The van der Waals surface area contributed by atoms with Crippen LogP contribution in [-0.2, 0) is 4.79 Å². The fraction of sp³-hybridized carbons (Fsp3) is 0.200. The highest BCUT2D eigenvalue weighted by atomic mass is 35.5. The molecule has 0 spiro atoms. The van der Waals surface area contributed by atoms with Gasteiger partial charge in [-0.3, -0.25) is 9.59 Å². The molecule has 1 aliphatic rings. The Kier molecular flexibility index (Phi) is 5.96. The number of benzene rings is 2. The van der Waals surface area contributed by atoms with Crippen molar-refractivity contribution < 1.29 is 23.5 Å². The van der Waals surface area contributed by atoms with E-state index in [4.69, 9.17) is 21.1 Å². The zero-order chi connectivity index (χ0) is 20.4. The standard InChI is InChI=1S/C20H17ClFNO4S/c1-11(2)27-17-10-15(21)12(8-16(17)26-3)9-18-19(24)23(20(25)28-18)14-6-4-13(22)5-7-14/h4-11H,1-3H3/b18-9-. The molecule has 0 radical (unpaired) electrons. The number of rotatable bonds is 5. The number of halogens is 2. The van der Waals surface area contributed by atoms with Crippen molar-refractivity contribution in [2.75, 3.05) is 12.0 Å².